The molecular weight excluding hydrogens is 953 g/mol. The number of nitrogens with zero attached hydrogens (tertiary/aromatic N) is 2. The highest BCUT2D eigenvalue weighted by Gasteiger charge is 2.29. The number of hydrogen-bond acceptors (Lipinski definition) is 10. The predicted molar refractivity (Wildman–Crippen MR) is 301 cm³/mol. The fourth-order valence-electron chi connectivity index (χ4n) is 9.36. The highest BCUT2D eigenvalue weighted by molar-refractivity contribution is 6.35. The molecule has 12 nitrogen and oxygen atoms in total. The Bertz CT molecular complexity index is 2870. The molecule has 12 rings (SSSR count). The van der Waals surface area contributed by atoms with E-state index in [0.29, 0.717) is 59.8 Å². The molecule has 14 bridgehead atoms. The van der Waals surface area contributed by atoms with E-state index in [1.807, 2.05) is 0 Å². The number of hydrazone groups is 2. The van der Waals surface area contributed by atoms with Crippen LogP contribution in [0.5, 0.6) is 34.5 Å². The Balaban J connectivity index is 1.33. The number of amides is 2. The summed E-state index contributed by atoms with van der Waals surface area (Å²) in [6, 6.07) is 31.7. The van der Waals surface area contributed by atoms with Gasteiger partial charge in [0.15, 0.2) is 0 Å². The highest BCUT2D eigenvalue weighted by atomic mass is 16.5. The Labute approximate surface area is 448 Å². The SMILES string of the molecule is CC(C)(C)c1cc2c(O)c(c1)Cc1cc(C(C)(C)C)cc3c1OCCOc1ccc(cc1)/C=N\NC(=O)C(=O)NN=Cc1ccc(cc1)OCCOc1c(cc(C(C)(C)C)cc1Cc1cc(C(C)(C)C)cc(c1O)C3)C2. The van der Waals surface area contributed by atoms with Crippen LogP contribution in [-0.2, 0) is 56.9 Å². The van der Waals surface area contributed by atoms with Crippen LogP contribution in [-0.4, -0.2) is 60.9 Å². The number of aromatic hydroxyl groups is 2. The van der Waals surface area contributed by atoms with E-state index < -0.39 is 11.8 Å². The first-order valence-corrected chi connectivity index (χ1v) is 26.2. The molecule has 12 heteroatoms. The van der Waals surface area contributed by atoms with E-state index in [-0.39, 0.29) is 59.6 Å². The highest BCUT2D eigenvalue weighted by Crippen LogP contribution is 2.44. The second-order valence-electron chi connectivity index (χ2n) is 24.2. The lowest BCUT2D eigenvalue weighted by molar-refractivity contribution is -0.139. The van der Waals surface area contributed by atoms with Gasteiger partial charge < -0.3 is 29.2 Å². The van der Waals surface area contributed by atoms with Crippen LogP contribution in [0, 0.1) is 0 Å². The van der Waals surface area contributed by atoms with E-state index in [0.717, 1.165) is 66.8 Å². The maximum atomic E-state index is 12.7. The third kappa shape index (κ3) is 13.3. The molecule has 5 heterocycles. The minimum atomic E-state index is -0.981. The lowest BCUT2D eigenvalue weighted by Crippen LogP contribution is -2.35. The quantitative estimate of drug-likeness (QED) is 0.109. The second-order valence-corrected chi connectivity index (χ2v) is 24.2. The Morgan fingerprint density at radius 3 is 0.895 bits per heavy atom. The summed E-state index contributed by atoms with van der Waals surface area (Å²) >= 11 is 0. The zero-order valence-electron chi connectivity index (χ0n) is 46.3. The number of nitrogens with one attached hydrogen (secondary N) is 2. The maximum Gasteiger partial charge on any atom is 0.331 e. The van der Waals surface area contributed by atoms with Crippen LogP contribution in [0.25, 0.3) is 0 Å². The standard InChI is InChI=1S/C64H74N4O8/c1-61(2,3)49-29-41-25-45-33-51(63(7,8)9)35-47-27-43-31-50(62(4,5)6)32-44(56(43)70)28-48-36-52(64(10,11)12)34-46(26-42(30-49)55(41)69)58(48)76-24-22-74-54-19-15-40(16-20-54)38-66-68-60(72)59(71)67-65-37-39-13-17-53(18-14-39)73-21-23-75-57(45)47/h13-20,29-38,69-70H,21-28H2,1-12H3,(H,67,71)(H,68,72)/b65-37-,66-38?. The first-order valence-electron chi connectivity index (χ1n) is 26.2. The van der Waals surface area contributed by atoms with Gasteiger partial charge in [0.05, 0.1) is 12.4 Å². The van der Waals surface area contributed by atoms with Crippen LogP contribution in [0.1, 0.15) is 161 Å². The molecule has 76 heavy (non-hydrogen) atoms. The maximum absolute atomic E-state index is 12.7. The monoisotopic (exact) mass is 1030 g/mol. The van der Waals surface area contributed by atoms with Crippen molar-refractivity contribution in [3.8, 4) is 34.5 Å². The second kappa shape index (κ2) is 21.9. The van der Waals surface area contributed by atoms with Gasteiger partial charge >= 0.3 is 11.8 Å². The molecule has 398 valence electrons. The zero-order valence-corrected chi connectivity index (χ0v) is 46.3. The molecule has 0 fully saturated rings. The fraction of sp³-hybridized carbons (Fsp3) is 0.375. The molecule has 4 N–H and O–H groups in total. The first kappa shape index (κ1) is 54.7. The topological polar surface area (TPSA) is 160 Å². The number of carbonyl (C=O) groups is 2. The van der Waals surface area contributed by atoms with E-state index in [9.17, 15) is 19.8 Å². The number of ether oxygens (including phenoxy) is 4. The van der Waals surface area contributed by atoms with E-state index in [1.165, 1.54) is 12.4 Å². The van der Waals surface area contributed by atoms with Crippen LogP contribution in [0.4, 0.5) is 0 Å². The lowest BCUT2D eigenvalue weighted by atomic mass is 9.79. The summed E-state index contributed by atoms with van der Waals surface area (Å²) in [6.45, 7) is 27.2. The van der Waals surface area contributed by atoms with Gasteiger partial charge in [0, 0.05) is 25.7 Å². The average Bonchev–Trinajstić information content (AvgIpc) is 3.36. The molecule has 2 amide bonds. The van der Waals surface area contributed by atoms with Crippen molar-refractivity contribution in [1.29, 1.82) is 0 Å². The van der Waals surface area contributed by atoms with Crippen LogP contribution < -0.4 is 29.8 Å². The number of carbonyl (C=O) groups excluding carboxylic acids is 2. The Kier molecular flexibility index (Phi) is 15.8. The van der Waals surface area contributed by atoms with Gasteiger partial charge in [-0.3, -0.25) is 9.59 Å². The summed E-state index contributed by atoms with van der Waals surface area (Å²) in [4.78, 5) is 24.9. The summed E-state index contributed by atoms with van der Waals surface area (Å²) in [5.74, 6) is 1.03. The van der Waals surface area contributed by atoms with Crippen molar-refractivity contribution < 1.29 is 38.7 Å². The normalized spacial score (nSPS) is 15.5. The number of hydrogen-bond donors (Lipinski definition) is 4. The Morgan fingerprint density at radius 1 is 0.382 bits per heavy atom. The molecule has 6 aromatic carbocycles. The molecule has 0 radical (unpaired) electrons. The minimum Gasteiger partial charge on any atom is -0.507 e. The van der Waals surface area contributed by atoms with E-state index in [4.69, 9.17) is 18.9 Å². The fourth-order valence-corrected chi connectivity index (χ4v) is 9.36. The molecule has 0 aromatic heterocycles. The number of fused-ring (bicyclic) bond motifs is 1. The number of phenolic OH excluding ortho intramolecular Hbond substituents is 2. The third-order valence-electron chi connectivity index (χ3n) is 13.9. The van der Waals surface area contributed by atoms with Crippen LogP contribution in [0.3, 0.4) is 0 Å². The smallest absolute Gasteiger partial charge is 0.331 e. The van der Waals surface area contributed by atoms with Gasteiger partial charge in [-0.15, -0.1) is 0 Å². The Morgan fingerprint density at radius 2 is 0.632 bits per heavy atom. The summed E-state index contributed by atoms with van der Waals surface area (Å²) in [6.07, 6.45) is 4.31. The van der Waals surface area contributed by atoms with Gasteiger partial charge in [-0.2, -0.15) is 10.2 Å². The van der Waals surface area contributed by atoms with Crippen molar-refractivity contribution in [2.24, 2.45) is 10.2 Å². The lowest BCUT2D eigenvalue weighted by Gasteiger charge is -2.28. The van der Waals surface area contributed by atoms with Gasteiger partial charge in [0.1, 0.15) is 60.9 Å². The van der Waals surface area contributed by atoms with Gasteiger partial charge in [0.2, 0.25) is 0 Å². The van der Waals surface area contributed by atoms with Gasteiger partial charge in [-0.1, -0.05) is 132 Å². The largest absolute Gasteiger partial charge is 0.507 e. The molecule has 1 aliphatic carbocycles. The van der Waals surface area contributed by atoms with Crippen molar-refractivity contribution in [3.05, 3.63) is 175 Å². The molecule has 0 saturated carbocycles. The predicted octanol–water partition coefficient (Wildman–Crippen LogP) is 11.8. The molecule has 5 aliphatic heterocycles. The summed E-state index contributed by atoms with van der Waals surface area (Å²) in [5, 5.41) is 33.3. The van der Waals surface area contributed by atoms with Gasteiger partial charge in [-0.05, 0) is 148 Å². The van der Waals surface area contributed by atoms with Crippen molar-refractivity contribution in [2.75, 3.05) is 26.4 Å². The number of rotatable bonds is 0. The molecule has 0 atom stereocenters. The average molecular weight is 1030 g/mol. The molecule has 0 saturated heterocycles. The van der Waals surface area contributed by atoms with Crippen molar-refractivity contribution in [3.63, 3.8) is 0 Å². The summed E-state index contributed by atoms with van der Waals surface area (Å²) < 4.78 is 26.3. The zero-order chi connectivity index (χ0) is 54.7. The number of phenols is 2. The van der Waals surface area contributed by atoms with Crippen molar-refractivity contribution >= 4 is 24.2 Å². The van der Waals surface area contributed by atoms with Crippen LogP contribution in [0.15, 0.2) is 107 Å². The summed E-state index contributed by atoms with van der Waals surface area (Å²) in [7, 11) is 0. The first-order chi connectivity index (χ1) is 35.8. The molecule has 0 spiro atoms. The van der Waals surface area contributed by atoms with E-state index >= 15 is 0 Å². The van der Waals surface area contributed by atoms with Gasteiger partial charge in [-0.25, -0.2) is 10.9 Å². The van der Waals surface area contributed by atoms with Gasteiger partial charge in [0.25, 0.3) is 0 Å². The van der Waals surface area contributed by atoms with Crippen LogP contribution in [0.2, 0.25) is 0 Å². The van der Waals surface area contributed by atoms with Crippen molar-refractivity contribution in [2.45, 2.75) is 130 Å². The van der Waals surface area contributed by atoms with Crippen LogP contribution >= 0.6 is 0 Å². The summed E-state index contributed by atoms with van der Waals surface area (Å²) in [5.41, 5.74) is 15.9. The Hall–Kier alpha value is -7.60. The molecule has 0 unspecified atom stereocenters. The molecule has 6 aromatic rings. The third-order valence-corrected chi connectivity index (χ3v) is 13.9. The van der Waals surface area contributed by atoms with Crippen molar-refractivity contribution in [1.82, 2.24) is 10.9 Å². The minimum absolute atomic E-state index is 0.193. The molecule has 6 aliphatic rings. The number of benzene rings is 6. The van der Waals surface area contributed by atoms with E-state index in [1.54, 1.807) is 48.5 Å². The van der Waals surface area contributed by atoms with E-state index in [2.05, 4.69) is 153 Å². The molecular formula is C64H74N4O8.